The van der Waals surface area contributed by atoms with Crippen LogP contribution in [0.4, 0.5) is 0 Å². The zero-order valence-corrected chi connectivity index (χ0v) is 9.53. The largest absolute Gasteiger partial charge is 0.387 e. The van der Waals surface area contributed by atoms with Gasteiger partial charge in [0.05, 0.1) is 5.60 Å². The summed E-state index contributed by atoms with van der Waals surface area (Å²) in [5, 5.41) is 9.89. The zero-order chi connectivity index (χ0) is 10.9. The molecular formula is C13H19NO. The summed E-state index contributed by atoms with van der Waals surface area (Å²) in [7, 11) is 0. The van der Waals surface area contributed by atoms with Crippen LogP contribution in [0, 0.1) is 6.92 Å². The van der Waals surface area contributed by atoms with Crippen LogP contribution >= 0.6 is 0 Å². The summed E-state index contributed by atoms with van der Waals surface area (Å²) in [4.78, 5) is 2.30. The smallest absolute Gasteiger partial charge is 0.0897 e. The van der Waals surface area contributed by atoms with Gasteiger partial charge in [-0.3, -0.25) is 4.90 Å². The number of likely N-dealkylation sites (tertiary alicyclic amines) is 1. The minimum absolute atomic E-state index is 0.414. The third kappa shape index (κ3) is 2.21. The second kappa shape index (κ2) is 3.95. The lowest BCUT2D eigenvalue weighted by Crippen LogP contribution is -2.60. The number of rotatable bonds is 3. The topological polar surface area (TPSA) is 23.5 Å². The fraction of sp³-hybridized carbons (Fsp3) is 0.538. The summed E-state index contributed by atoms with van der Waals surface area (Å²) in [5.74, 6) is 0. The highest BCUT2D eigenvalue weighted by Crippen LogP contribution is 2.26. The lowest BCUT2D eigenvalue weighted by molar-refractivity contribution is -0.103. The van der Waals surface area contributed by atoms with Crippen molar-refractivity contribution in [2.45, 2.75) is 32.4 Å². The third-order valence-electron chi connectivity index (χ3n) is 3.35. The quantitative estimate of drug-likeness (QED) is 0.815. The monoisotopic (exact) mass is 205 g/mol. The van der Waals surface area contributed by atoms with E-state index in [1.807, 2.05) is 6.92 Å². The number of nitrogens with zero attached hydrogens (tertiary/aromatic N) is 1. The van der Waals surface area contributed by atoms with Gasteiger partial charge in [0.2, 0.25) is 0 Å². The van der Waals surface area contributed by atoms with E-state index >= 15 is 0 Å². The van der Waals surface area contributed by atoms with Crippen LogP contribution in [0.1, 0.15) is 24.5 Å². The molecule has 0 atom stereocenters. The summed E-state index contributed by atoms with van der Waals surface area (Å²) in [6.07, 6.45) is 0.858. The first-order valence-electron chi connectivity index (χ1n) is 5.62. The van der Waals surface area contributed by atoms with Gasteiger partial charge in [-0.05, 0) is 24.5 Å². The fourth-order valence-corrected chi connectivity index (χ4v) is 2.15. The molecule has 2 nitrogen and oxygen atoms in total. The number of aryl methyl sites for hydroxylation is 1. The van der Waals surface area contributed by atoms with Crippen molar-refractivity contribution in [3.63, 3.8) is 0 Å². The highest BCUT2D eigenvalue weighted by Gasteiger charge is 2.38. The molecule has 1 saturated heterocycles. The van der Waals surface area contributed by atoms with Crippen LogP contribution in [0.2, 0.25) is 0 Å². The van der Waals surface area contributed by atoms with E-state index in [1.165, 1.54) is 11.1 Å². The van der Waals surface area contributed by atoms with Gasteiger partial charge >= 0.3 is 0 Å². The standard InChI is InChI=1S/C13H19NO/c1-3-13(15)9-14(10-13)8-12-7-5-4-6-11(12)2/h4-7,15H,3,8-10H2,1-2H3. The van der Waals surface area contributed by atoms with Gasteiger partial charge in [-0.15, -0.1) is 0 Å². The molecule has 0 aromatic heterocycles. The van der Waals surface area contributed by atoms with E-state index in [4.69, 9.17) is 0 Å². The number of hydrogen-bond donors (Lipinski definition) is 1. The van der Waals surface area contributed by atoms with Crippen molar-refractivity contribution in [2.24, 2.45) is 0 Å². The van der Waals surface area contributed by atoms with Crippen LogP contribution in [0.15, 0.2) is 24.3 Å². The first-order chi connectivity index (χ1) is 7.13. The average Bonchev–Trinajstić information content (AvgIpc) is 2.18. The predicted octanol–water partition coefficient (Wildman–Crippen LogP) is 1.95. The van der Waals surface area contributed by atoms with E-state index in [-0.39, 0.29) is 0 Å². The molecule has 1 heterocycles. The van der Waals surface area contributed by atoms with Gasteiger partial charge in [0.25, 0.3) is 0 Å². The molecule has 0 unspecified atom stereocenters. The normalized spacial score (nSPS) is 19.9. The van der Waals surface area contributed by atoms with Crippen LogP contribution in [0.25, 0.3) is 0 Å². The maximum Gasteiger partial charge on any atom is 0.0897 e. The average molecular weight is 205 g/mol. The van der Waals surface area contributed by atoms with Gasteiger partial charge in [0.1, 0.15) is 0 Å². The summed E-state index contributed by atoms with van der Waals surface area (Å²) in [5.41, 5.74) is 2.29. The van der Waals surface area contributed by atoms with Crippen molar-refractivity contribution in [3.05, 3.63) is 35.4 Å². The number of hydrogen-bond acceptors (Lipinski definition) is 2. The van der Waals surface area contributed by atoms with Gasteiger partial charge in [-0.1, -0.05) is 31.2 Å². The summed E-state index contributed by atoms with van der Waals surface area (Å²) >= 11 is 0. The molecular weight excluding hydrogens is 186 g/mol. The van der Waals surface area contributed by atoms with Crippen LogP contribution in [-0.2, 0) is 6.54 Å². The maximum atomic E-state index is 9.89. The third-order valence-corrected chi connectivity index (χ3v) is 3.35. The van der Waals surface area contributed by atoms with Crippen LogP contribution in [0.5, 0.6) is 0 Å². The number of β-amino-alcohol motifs (C(OH)–C–C–N with tert-alkyl or cyclic N) is 1. The Labute approximate surface area is 91.5 Å². The van der Waals surface area contributed by atoms with Crippen LogP contribution in [0.3, 0.4) is 0 Å². The van der Waals surface area contributed by atoms with Crippen molar-refractivity contribution in [2.75, 3.05) is 13.1 Å². The minimum Gasteiger partial charge on any atom is -0.387 e. The Morgan fingerprint density at radius 1 is 1.33 bits per heavy atom. The van der Waals surface area contributed by atoms with Crippen molar-refractivity contribution in [1.82, 2.24) is 4.90 Å². The molecule has 0 radical (unpaired) electrons. The van der Waals surface area contributed by atoms with Gasteiger partial charge in [-0.25, -0.2) is 0 Å². The molecule has 0 bridgehead atoms. The highest BCUT2D eigenvalue weighted by molar-refractivity contribution is 5.25. The van der Waals surface area contributed by atoms with Gasteiger partial charge in [0, 0.05) is 19.6 Å². The Balaban J connectivity index is 1.93. The molecule has 1 aromatic carbocycles. The van der Waals surface area contributed by atoms with Crippen molar-refractivity contribution in [3.8, 4) is 0 Å². The fourth-order valence-electron chi connectivity index (χ4n) is 2.15. The molecule has 0 spiro atoms. The van der Waals surface area contributed by atoms with Gasteiger partial charge in [-0.2, -0.15) is 0 Å². The maximum absolute atomic E-state index is 9.89. The number of benzene rings is 1. The first-order valence-corrected chi connectivity index (χ1v) is 5.62. The summed E-state index contributed by atoms with van der Waals surface area (Å²) < 4.78 is 0. The SMILES string of the molecule is CCC1(O)CN(Cc2ccccc2C)C1. The first kappa shape index (κ1) is 10.7. The van der Waals surface area contributed by atoms with Crippen molar-refractivity contribution < 1.29 is 5.11 Å². The Bertz CT molecular complexity index is 342. The second-order valence-electron chi connectivity index (χ2n) is 4.65. The molecule has 1 aromatic rings. The molecule has 2 heteroatoms. The van der Waals surface area contributed by atoms with Crippen LogP contribution < -0.4 is 0 Å². The molecule has 0 saturated carbocycles. The minimum atomic E-state index is -0.414. The van der Waals surface area contributed by atoms with E-state index < -0.39 is 5.60 Å². The molecule has 15 heavy (non-hydrogen) atoms. The predicted molar refractivity (Wildman–Crippen MR) is 61.7 cm³/mol. The molecule has 1 aliphatic heterocycles. The highest BCUT2D eigenvalue weighted by atomic mass is 16.3. The number of aliphatic hydroxyl groups is 1. The Morgan fingerprint density at radius 3 is 2.60 bits per heavy atom. The van der Waals surface area contributed by atoms with Crippen molar-refractivity contribution in [1.29, 1.82) is 0 Å². The zero-order valence-electron chi connectivity index (χ0n) is 9.53. The molecule has 1 fully saturated rings. The molecule has 1 N–H and O–H groups in total. The van der Waals surface area contributed by atoms with Gasteiger partial charge < -0.3 is 5.11 Å². The van der Waals surface area contributed by atoms with E-state index in [1.54, 1.807) is 0 Å². The molecule has 82 valence electrons. The Hall–Kier alpha value is -0.860. The van der Waals surface area contributed by atoms with E-state index in [9.17, 15) is 5.11 Å². The second-order valence-corrected chi connectivity index (χ2v) is 4.65. The lowest BCUT2D eigenvalue weighted by atomic mass is 9.90. The summed E-state index contributed by atoms with van der Waals surface area (Å²) in [6, 6.07) is 8.45. The summed E-state index contributed by atoms with van der Waals surface area (Å²) in [6.45, 7) is 6.79. The van der Waals surface area contributed by atoms with E-state index in [2.05, 4.69) is 36.1 Å². The van der Waals surface area contributed by atoms with E-state index in [0.29, 0.717) is 0 Å². The molecule has 0 amide bonds. The van der Waals surface area contributed by atoms with E-state index in [0.717, 1.165) is 26.1 Å². The van der Waals surface area contributed by atoms with Gasteiger partial charge in [0.15, 0.2) is 0 Å². The molecule has 1 aliphatic rings. The van der Waals surface area contributed by atoms with Crippen LogP contribution in [-0.4, -0.2) is 28.7 Å². The Morgan fingerprint density at radius 2 is 2.00 bits per heavy atom. The molecule has 0 aliphatic carbocycles. The lowest BCUT2D eigenvalue weighted by Gasteiger charge is -2.46. The Kier molecular flexibility index (Phi) is 2.81. The molecule has 2 rings (SSSR count). The van der Waals surface area contributed by atoms with Crippen molar-refractivity contribution >= 4 is 0 Å².